The zero-order valence-corrected chi connectivity index (χ0v) is 14.6. The van der Waals surface area contributed by atoms with Crippen molar-refractivity contribution in [2.75, 3.05) is 26.7 Å². The van der Waals surface area contributed by atoms with Gasteiger partial charge in [-0.15, -0.1) is 0 Å². The molecule has 0 spiro atoms. The number of halogens is 1. The minimum atomic E-state index is 0.221. The maximum atomic E-state index is 6.06. The van der Waals surface area contributed by atoms with E-state index in [-0.39, 0.29) is 6.04 Å². The van der Waals surface area contributed by atoms with Gasteiger partial charge < -0.3 is 10.5 Å². The van der Waals surface area contributed by atoms with Gasteiger partial charge in [0.15, 0.2) is 0 Å². The fourth-order valence-corrected chi connectivity index (χ4v) is 2.89. The molecule has 0 fully saturated rings. The van der Waals surface area contributed by atoms with Crippen molar-refractivity contribution in [2.45, 2.75) is 33.2 Å². The maximum Gasteiger partial charge on any atom is 0.119 e. The van der Waals surface area contributed by atoms with Gasteiger partial charge in [0.1, 0.15) is 5.75 Å². The van der Waals surface area contributed by atoms with Gasteiger partial charge in [0.25, 0.3) is 0 Å². The van der Waals surface area contributed by atoms with Crippen molar-refractivity contribution in [3.8, 4) is 5.75 Å². The summed E-state index contributed by atoms with van der Waals surface area (Å²) in [6.07, 6.45) is 1.19. The average molecular weight is 343 g/mol. The van der Waals surface area contributed by atoms with Crippen LogP contribution in [0.1, 0.15) is 38.8 Å². The third kappa shape index (κ3) is 4.47. The first-order valence-corrected chi connectivity index (χ1v) is 8.14. The summed E-state index contributed by atoms with van der Waals surface area (Å²) in [4.78, 5) is 2.45. The van der Waals surface area contributed by atoms with E-state index in [0.29, 0.717) is 12.5 Å². The predicted octanol–water partition coefficient (Wildman–Crippen LogP) is 3.83. The van der Waals surface area contributed by atoms with Crippen LogP contribution < -0.4 is 10.5 Å². The molecule has 3 nitrogen and oxygen atoms in total. The van der Waals surface area contributed by atoms with E-state index in [2.05, 4.69) is 47.7 Å². The molecule has 20 heavy (non-hydrogen) atoms. The maximum absolute atomic E-state index is 6.06. The van der Waals surface area contributed by atoms with E-state index in [0.717, 1.165) is 23.3 Å². The predicted molar refractivity (Wildman–Crippen MR) is 89.2 cm³/mol. The number of hydrogen-bond acceptors (Lipinski definition) is 3. The van der Waals surface area contributed by atoms with Crippen LogP contribution in [-0.2, 0) is 0 Å². The van der Waals surface area contributed by atoms with Crippen LogP contribution in [0, 0.1) is 5.92 Å². The second-order valence-corrected chi connectivity index (χ2v) is 6.09. The second kappa shape index (κ2) is 8.65. The molecule has 2 unspecified atom stereocenters. The Morgan fingerprint density at radius 1 is 1.35 bits per heavy atom. The lowest BCUT2D eigenvalue weighted by molar-refractivity contribution is 0.181. The molecule has 0 saturated carbocycles. The summed E-state index contributed by atoms with van der Waals surface area (Å²) in [6, 6.07) is 6.31. The van der Waals surface area contributed by atoms with Crippen molar-refractivity contribution < 1.29 is 4.74 Å². The van der Waals surface area contributed by atoms with Crippen molar-refractivity contribution in [1.82, 2.24) is 4.90 Å². The van der Waals surface area contributed by atoms with Crippen LogP contribution in [0.15, 0.2) is 22.7 Å². The molecule has 0 bridgehead atoms. The largest absolute Gasteiger partial charge is 0.497 e. The smallest absolute Gasteiger partial charge is 0.119 e. The Morgan fingerprint density at radius 2 is 2.05 bits per heavy atom. The number of hydrogen-bond donors (Lipinski definition) is 1. The number of likely N-dealkylation sites (N-methyl/N-ethyl adjacent to an activating group) is 1. The first-order valence-electron chi connectivity index (χ1n) is 7.34. The number of nitrogens with two attached hydrogens (primary N) is 1. The van der Waals surface area contributed by atoms with Crippen LogP contribution in [0.25, 0.3) is 0 Å². The van der Waals surface area contributed by atoms with Crippen molar-refractivity contribution in [2.24, 2.45) is 11.7 Å². The Morgan fingerprint density at radius 3 is 2.55 bits per heavy atom. The van der Waals surface area contributed by atoms with E-state index in [1.165, 1.54) is 12.0 Å². The quantitative estimate of drug-likeness (QED) is 0.780. The van der Waals surface area contributed by atoms with Crippen molar-refractivity contribution in [1.29, 1.82) is 0 Å². The Labute approximate surface area is 131 Å². The van der Waals surface area contributed by atoms with Gasteiger partial charge in [0.05, 0.1) is 7.11 Å². The standard InChI is InChI=1S/C16H27BrN2O/c1-5-12(3)11-19(6-2)16(10-18)14-9-13(20-4)7-8-15(14)17/h7-9,12,16H,5-6,10-11,18H2,1-4H3. The lowest BCUT2D eigenvalue weighted by Gasteiger charge is -2.33. The van der Waals surface area contributed by atoms with Gasteiger partial charge in [-0.2, -0.15) is 0 Å². The lowest BCUT2D eigenvalue weighted by Crippen LogP contribution is -2.36. The first-order chi connectivity index (χ1) is 9.57. The molecule has 1 aromatic rings. The van der Waals surface area contributed by atoms with Gasteiger partial charge in [-0.3, -0.25) is 4.90 Å². The van der Waals surface area contributed by atoms with Crippen LogP contribution in [0.3, 0.4) is 0 Å². The normalized spacial score (nSPS) is 14.3. The number of rotatable bonds is 8. The van der Waals surface area contributed by atoms with E-state index in [1.807, 2.05) is 12.1 Å². The molecule has 0 aliphatic heterocycles. The van der Waals surface area contributed by atoms with Crippen molar-refractivity contribution in [3.05, 3.63) is 28.2 Å². The van der Waals surface area contributed by atoms with E-state index >= 15 is 0 Å². The topological polar surface area (TPSA) is 38.5 Å². The Balaban J connectivity index is 3.03. The summed E-state index contributed by atoms with van der Waals surface area (Å²) >= 11 is 3.64. The zero-order chi connectivity index (χ0) is 15.1. The van der Waals surface area contributed by atoms with Crippen LogP contribution in [-0.4, -0.2) is 31.6 Å². The Bertz CT molecular complexity index is 411. The highest BCUT2D eigenvalue weighted by molar-refractivity contribution is 9.10. The minimum Gasteiger partial charge on any atom is -0.497 e. The van der Waals surface area contributed by atoms with Gasteiger partial charge in [-0.05, 0) is 36.2 Å². The van der Waals surface area contributed by atoms with Gasteiger partial charge in [-0.25, -0.2) is 0 Å². The minimum absolute atomic E-state index is 0.221. The number of nitrogens with zero attached hydrogens (tertiary/aromatic N) is 1. The highest BCUT2D eigenvalue weighted by Gasteiger charge is 2.21. The SMILES string of the molecule is CCC(C)CN(CC)C(CN)c1cc(OC)ccc1Br. The fourth-order valence-electron chi connectivity index (χ4n) is 2.38. The lowest BCUT2D eigenvalue weighted by atomic mass is 10.0. The van der Waals surface area contributed by atoms with Gasteiger partial charge >= 0.3 is 0 Å². The summed E-state index contributed by atoms with van der Waals surface area (Å²) in [5.74, 6) is 1.55. The molecule has 1 rings (SSSR count). The summed E-state index contributed by atoms with van der Waals surface area (Å²) < 4.78 is 6.43. The molecule has 0 saturated heterocycles. The molecule has 4 heteroatoms. The third-order valence-corrected chi connectivity index (χ3v) is 4.60. The molecule has 2 atom stereocenters. The molecular weight excluding hydrogens is 316 g/mol. The van der Waals surface area contributed by atoms with Crippen LogP contribution in [0.2, 0.25) is 0 Å². The van der Waals surface area contributed by atoms with Crippen LogP contribution in [0.4, 0.5) is 0 Å². The number of benzene rings is 1. The second-order valence-electron chi connectivity index (χ2n) is 5.24. The summed E-state index contributed by atoms with van der Waals surface area (Å²) in [6.45, 7) is 9.39. The Hall–Kier alpha value is -0.580. The molecule has 0 aliphatic rings. The van der Waals surface area contributed by atoms with E-state index < -0.39 is 0 Å². The molecule has 0 radical (unpaired) electrons. The van der Waals surface area contributed by atoms with Gasteiger partial charge in [0, 0.05) is 23.6 Å². The summed E-state index contributed by atoms with van der Waals surface area (Å²) in [5.41, 5.74) is 7.26. The first kappa shape index (κ1) is 17.5. The Kier molecular flexibility index (Phi) is 7.56. The average Bonchev–Trinajstić information content (AvgIpc) is 2.48. The molecule has 114 valence electrons. The third-order valence-electron chi connectivity index (χ3n) is 3.88. The summed E-state index contributed by atoms with van der Waals surface area (Å²) in [5, 5.41) is 0. The molecule has 2 N–H and O–H groups in total. The monoisotopic (exact) mass is 342 g/mol. The number of ether oxygens (including phenoxy) is 1. The zero-order valence-electron chi connectivity index (χ0n) is 13.0. The molecule has 0 heterocycles. The highest BCUT2D eigenvalue weighted by atomic mass is 79.9. The van der Waals surface area contributed by atoms with Gasteiger partial charge in [-0.1, -0.05) is 43.1 Å². The fraction of sp³-hybridized carbons (Fsp3) is 0.625. The number of methoxy groups -OCH3 is 1. The molecule has 0 amide bonds. The molecule has 0 aromatic heterocycles. The highest BCUT2D eigenvalue weighted by Crippen LogP contribution is 2.31. The summed E-state index contributed by atoms with van der Waals surface area (Å²) in [7, 11) is 1.70. The molecule has 0 aliphatic carbocycles. The van der Waals surface area contributed by atoms with Crippen LogP contribution >= 0.6 is 15.9 Å². The van der Waals surface area contributed by atoms with Crippen molar-refractivity contribution >= 4 is 15.9 Å². The molecule has 1 aromatic carbocycles. The van der Waals surface area contributed by atoms with Crippen LogP contribution in [0.5, 0.6) is 5.75 Å². The van der Waals surface area contributed by atoms with Gasteiger partial charge in [0.2, 0.25) is 0 Å². The van der Waals surface area contributed by atoms with Crippen molar-refractivity contribution in [3.63, 3.8) is 0 Å². The molecular formula is C16H27BrN2O. The van der Waals surface area contributed by atoms with E-state index in [9.17, 15) is 0 Å². The van der Waals surface area contributed by atoms with E-state index in [1.54, 1.807) is 7.11 Å². The van der Waals surface area contributed by atoms with E-state index in [4.69, 9.17) is 10.5 Å².